The summed E-state index contributed by atoms with van der Waals surface area (Å²) in [6, 6.07) is 4.52. The second kappa shape index (κ2) is 5.25. The van der Waals surface area contributed by atoms with Crippen LogP contribution in [0.15, 0.2) is 18.2 Å². The van der Waals surface area contributed by atoms with Crippen LogP contribution < -0.4 is 16.4 Å². The zero-order valence-corrected chi connectivity index (χ0v) is 12.5. The summed E-state index contributed by atoms with van der Waals surface area (Å²) in [6.45, 7) is 3.47. The molecule has 0 bridgehead atoms. The molecule has 1 atom stereocenters. The summed E-state index contributed by atoms with van der Waals surface area (Å²) in [4.78, 5) is 35.5. The van der Waals surface area contributed by atoms with Gasteiger partial charge >= 0.3 is 0 Å². The maximum atomic E-state index is 12.3. The topological polar surface area (TPSA) is 101 Å². The number of thiocarbonyl (C=S) groups is 1. The van der Waals surface area contributed by atoms with E-state index in [2.05, 4.69) is 10.6 Å². The van der Waals surface area contributed by atoms with Gasteiger partial charge < -0.3 is 11.1 Å². The Morgan fingerprint density at radius 3 is 2.52 bits per heavy atom. The van der Waals surface area contributed by atoms with Crippen LogP contribution in [-0.2, 0) is 4.79 Å². The highest BCUT2D eigenvalue weighted by atomic mass is 32.1. The van der Waals surface area contributed by atoms with E-state index in [-0.39, 0.29) is 16.5 Å². The first-order valence-corrected chi connectivity index (χ1v) is 6.81. The predicted octanol–water partition coefficient (Wildman–Crippen LogP) is 1.21. The lowest BCUT2D eigenvalue weighted by Crippen LogP contribution is -2.43. The molecule has 6 nitrogen and oxygen atoms in total. The van der Waals surface area contributed by atoms with Gasteiger partial charge in [-0.15, -0.1) is 0 Å². The number of nitrogens with one attached hydrogen (secondary N) is 2. The van der Waals surface area contributed by atoms with Crippen LogP contribution in [0.2, 0.25) is 0 Å². The zero-order chi connectivity index (χ0) is 15.8. The van der Waals surface area contributed by atoms with E-state index >= 15 is 0 Å². The number of nitrogens with two attached hydrogens (primary N) is 1. The molecule has 1 aliphatic rings. The molecule has 3 amide bonds. The van der Waals surface area contributed by atoms with Crippen molar-refractivity contribution >= 4 is 40.6 Å². The summed E-state index contributed by atoms with van der Waals surface area (Å²) in [5.74, 6) is -1.25. The largest absolute Gasteiger partial charge is 0.392 e. The Hall–Kier alpha value is -2.28. The Balaban J connectivity index is 2.28. The summed E-state index contributed by atoms with van der Waals surface area (Å²) in [5, 5.41) is 4.87. The fourth-order valence-electron chi connectivity index (χ4n) is 1.96. The van der Waals surface area contributed by atoms with E-state index < -0.39 is 17.2 Å². The molecule has 2 rings (SSSR count). The van der Waals surface area contributed by atoms with E-state index in [1.165, 1.54) is 12.1 Å². The molecule has 0 saturated heterocycles. The first kappa shape index (κ1) is 15.1. The molecule has 1 aromatic rings. The Morgan fingerprint density at radius 2 is 1.95 bits per heavy atom. The number of fused-ring (bicyclic) bond motifs is 1. The highest BCUT2D eigenvalue weighted by molar-refractivity contribution is 7.80. The molecular weight excluding hydrogens is 290 g/mol. The monoisotopic (exact) mass is 305 g/mol. The lowest BCUT2D eigenvalue weighted by Gasteiger charge is -2.25. The van der Waals surface area contributed by atoms with Crippen LogP contribution in [0, 0.1) is 5.41 Å². The van der Waals surface area contributed by atoms with E-state index in [1.807, 2.05) is 6.92 Å². The van der Waals surface area contributed by atoms with Crippen molar-refractivity contribution in [3.63, 3.8) is 0 Å². The minimum Gasteiger partial charge on any atom is -0.392 e. The molecule has 0 aromatic heterocycles. The van der Waals surface area contributed by atoms with Gasteiger partial charge in [-0.2, -0.15) is 0 Å². The van der Waals surface area contributed by atoms with Crippen molar-refractivity contribution in [1.29, 1.82) is 0 Å². The lowest BCUT2D eigenvalue weighted by molar-refractivity contribution is -0.121. The molecule has 0 saturated carbocycles. The predicted molar refractivity (Wildman–Crippen MR) is 82.1 cm³/mol. The molecule has 0 aliphatic carbocycles. The molecule has 0 spiro atoms. The van der Waals surface area contributed by atoms with Crippen LogP contribution in [0.25, 0.3) is 0 Å². The van der Waals surface area contributed by atoms with Crippen LogP contribution in [0.1, 0.15) is 41.0 Å². The molecular formula is C14H15N3O3S. The van der Waals surface area contributed by atoms with Crippen molar-refractivity contribution in [1.82, 2.24) is 5.32 Å². The molecule has 0 fully saturated rings. The van der Waals surface area contributed by atoms with Crippen molar-refractivity contribution in [2.75, 3.05) is 5.32 Å². The molecule has 1 aromatic carbocycles. The third-order valence-corrected chi connectivity index (χ3v) is 4.20. The SMILES string of the molecule is CCC(C)(C(=O)Nc1ccc2c(c1)C(=O)NC2=O)C(N)=S. The Kier molecular flexibility index (Phi) is 3.78. The van der Waals surface area contributed by atoms with Gasteiger partial charge in [0, 0.05) is 5.69 Å². The summed E-state index contributed by atoms with van der Waals surface area (Å²) < 4.78 is 0. The van der Waals surface area contributed by atoms with Crippen molar-refractivity contribution in [2.24, 2.45) is 11.1 Å². The van der Waals surface area contributed by atoms with Gasteiger partial charge in [0.2, 0.25) is 5.91 Å². The van der Waals surface area contributed by atoms with Crippen LogP contribution in [-0.4, -0.2) is 22.7 Å². The first-order chi connectivity index (χ1) is 9.79. The third kappa shape index (κ3) is 2.52. The maximum absolute atomic E-state index is 12.3. The van der Waals surface area contributed by atoms with E-state index in [4.69, 9.17) is 18.0 Å². The van der Waals surface area contributed by atoms with Gasteiger partial charge in [-0.1, -0.05) is 19.1 Å². The van der Waals surface area contributed by atoms with Crippen LogP contribution in [0.3, 0.4) is 0 Å². The van der Waals surface area contributed by atoms with Gasteiger partial charge in [0.05, 0.1) is 21.5 Å². The molecule has 1 unspecified atom stereocenters. The molecule has 7 heteroatoms. The number of imide groups is 1. The van der Waals surface area contributed by atoms with Crippen LogP contribution in [0.4, 0.5) is 5.69 Å². The fourth-order valence-corrected chi connectivity index (χ4v) is 2.20. The van der Waals surface area contributed by atoms with Crippen molar-refractivity contribution in [2.45, 2.75) is 20.3 Å². The smallest absolute Gasteiger partial charge is 0.259 e. The number of hydrogen-bond donors (Lipinski definition) is 3. The van der Waals surface area contributed by atoms with Crippen molar-refractivity contribution in [3.8, 4) is 0 Å². The Morgan fingerprint density at radius 1 is 1.33 bits per heavy atom. The minimum atomic E-state index is -0.966. The highest BCUT2D eigenvalue weighted by Gasteiger charge is 2.35. The second-order valence-electron chi connectivity index (χ2n) is 5.05. The average molecular weight is 305 g/mol. The van der Waals surface area contributed by atoms with E-state index in [9.17, 15) is 14.4 Å². The minimum absolute atomic E-state index is 0.108. The molecule has 110 valence electrons. The van der Waals surface area contributed by atoms with Crippen LogP contribution in [0.5, 0.6) is 0 Å². The Labute approximate surface area is 127 Å². The van der Waals surface area contributed by atoms with E-state index in [0.29, 0.717) is 17.7 Å². The summed E-state index contributed by atoms with van der Waals surface area (Å²) in [5.41, 5.74) is 5.62. The molecule has 4 N–H and O–H groups in total. The second-order valence-corrected chi connectivity index (χ2v) is 5.49. The third-order valence-electron chi connectivity index (χ3n) is 3.75. The van der Waals surface area contributed by atoms with Gasteiger partial charge in [-0.3, -0.25) is 19.7 Å². The molecule has 1 aliphatic heterocycles. The van der Waals surface area contributed by atoms with Crippen LogP contribution >= 0.6 is 12.2 Å². The normalized spacial score (nSPS) is 15.9. The molecule has 21 heavy (non-hydrogen) atoms. The number of carbonyl (C=O) groups is 3. The van der Waals surface area contributed by atoms with Gasteiger partial charge in [-0.25, -0.2) is 0 Å². The van der Waals surface area contributed by atoms with Gasteiger partial charge in [0.1, 0.15) is 0 Å². The number of rotatable bonds is 4. The van der Waals surface area contributed by atoms with Gasteiger partial charge in [0.15, 0.2) is 0 Å². The molecule has 1 heterocycles. The fraction of sp³-hybridized carbons (Fsp3) is 0.286. The zero-order valence-electron chi connectivity index (χ0n) is 11.6. The standard InChI is InChI=1S/C14H15N3O3S/c1-3-14(2,12(15)21)13(20)16-7-4-5-8-9(6-7)11(19)17-10(8)18/h4-6H,3H2,1-2H3,(H2,15,21)(H,16,20)(H,17,18,19). The van der Waals surface area contributed by atoms with Gasteiger partial charge in [0.25, 0.3) is 11.8 Å². The number of benzene rings is 1. The average Bonchev–Trinajstić information content (AvgIpc) is 2.72. The highest BCUT2D eigenvalue weighted by Crippen LogP contribution is 2.26. The quantitative estimate of drug-likeness (QED) is 0.573. The summed E-state index contributed by atoms with van der Waals surface area (Å²) >= 11 is 4.94. The van der Waals surface area contributed by atoms with Gasteiger partial charge in [-0.05, 0) is 31.5 Å². The molecule has 0 radical (unpaired) electrons. The number of amides is 3. The summed E-state index contributed by atoms with van der Waals surface area (Å²) in [6.07, 6.45) is 0.456. The number of anilines is 1. The van der Waals surface area contributed by atoms with E-state index in [1.54, 1.807) is 13.0 Å². The maximum Gasteiger partial charge on any atom is 0.259 e. The number of carbonyl (C=O) groups excluding carboxylic acids is 3. The Bertz CT molecular complexity index is 671. The number of hydrogen-bond acceptors (Lipinski definition) is 4. The lowest BCUT2D eigenvalue weighted by atomic mass is 9.86. The van der Waals surface area contributed by atoms with E-state index in [0.717, 1.165) is 0 Å². The van der Waals surface area contributed by atoms with Crippen molar-refractivity contribution < 1.29 is 14.4 Å². The first-order valence-electron chi connectivity index (χ1n) is 6.40. The van der Waals surface area contributed by atoms with Crippen molar-refractivity contribution in [3.05, 3.63) is 29.3 Å². The summed E-state index contributed by atoms with van der Waals surface area (Å²) in [7, 11) is 0.